The van der Waals surface area contributed by atoms with Crippen LogP contribution in [0.15, 0.2) is 11.8 Å². The van der Waals surface area contributed by atoms with Crippen molar-refractivity contribution in [3.8, 4) is 0 Å². The first-order valence-corrected chi connectivity index (χ1v) is 8.76. The first-order valence-electron chi connectivity index (χ1n) is 8.76. The molecule has 0 radical (unpaired) electrons. The van der Waals surface area contributed by atoms with Gasteiger partial charge in [-0.15, -0.1) is 0 Å². The van der Waals surface area contributed by atoms with Gasteiger partial charge in [0.1, 0.15) is 0 Å². The maximum atomic E-state index is 10.3. The summed E-state index contributed by atoms with van der Waals surface area (Å²) in [5, 5.41) is 18.3. The standard InChI is InChI=1S/C18H34O3/c1-2-3-4-5-8-11-14-17(19)15-12-9-6-7-10-13-16-18(20)21/h15,19H,2-14,16H2,1H3,(H,20,21)/b17-15-. The Labute approximate surface area is 130 Å². The van der Waals surface area contributed by atoms with Gasteiger partial charge in [-0.1, -0.05) is 58.3 Å². The number of rotatable bonds is 15. The lowest BCUT2D eigenvalue weighted by atomic mass is 10.1. The van der Waals surface area contributed by atoms with Crippen LogP contribution in [0, 0.1) is 0 Å². The fourth-order valence-corrected chi connectivity index (χ4v) is 2.41. The number of hydrogen-bond acceptors (Lipinski definition) is 2. The Balaban J connectivity index is 3.29. The van der Waals surface area contributed by atoms with E-state index in [0.717, 1.165) is 51.4 Å². The second kappa shape index (κ2) is 15.4. The van der Waals surface area contributed by atoms with Crippen molar-refractivity contribution in [2.45, 2.75) is 96.8 Å². The fourth-order valence-electron chi connectivity index (χ4n) is 2.41. The van der Waals surface area contributed by atoms with Gasteiger partial charge in [0.2, 0.25) is 0 Å². The van der Waals surface area contributed by atoms with Gasteiger partial charge in [-0.2, -0.15) is 0 Å². The number of allylic oxidation sites excluding steroid dienone is 2. The van der Waals surface area contributed by atoms with Gasteiger partial charge >= 0.3 is 5.97 Å². The summed E-state index contributed by atoms with van der Waals surface area (Å²) >= 11 is 0. The molecular formula is C18H34O3. The zero-order valence-corrected chi connectivity index (χ0v) is 13.8. The number of carboxylic acid groups (broad SMARTS) is 1. The zero-order chi connectivity index (χ0) is 15.8. The van der Waals surface area contributed by atoms with Crippen molar-refractivity contribution in [1.29, 1.82) is 0 Å². The average Bonchev–Trinajstić information content (AvgIpc) is 2.45. The summed E-state index contributed by atoms with van der Waals surface area (Å²) in [7, 11) is 0. The van der Waals surface area contributed by atoms with E-state index in [1.54, 1.807) is 0 Å². The number of carbonyl (C=O) groups is 1. The van der Waals surface area contributed by atoms with Crippen molar-refractivity contribution in [2.24, 2.45) is 0 Å². The Bertz CT molecular complexity index is 272. The molecule has 2 N–H and O–H groups in total. The van der Waals surface area contributed by atoms with E-state index in [2.05, 4.69) is 6.92 Å². The monoisotopic (exact) mass is 298 g/mol. The van der Waals surface area contributed by atoms with Gasteiger partial charge in [0.15, 0.2) is 0 Å². The number of aliphatic carboxylic acids is 1. The number of carboxylic acids is 1. The Morgan fingerprint density at radius 3 is 1.90 bits per heavy atom. The predicted octanol–water partition coefficient (Wildman–Crippen LogP) is 5.99. The van der Waals surface area contributed by atoms with Crippen LogP contribution in [-0.2, 0) is 4.79 Å². The molecule has 0 aliphatic carbocycles. The lowest BCUT2D eigenvalue weighted by molar-refractivity contribution is -0.137. The second-order valence-corrected chi connectivity index (χ2v) is 5.91. The van der Waals surface area contributed by atoms with Crippen molar-refractivity contribution < 1.29 is 15.0 Å². The molecule has 21 heavy (non-hydrogen) atoms. The van der Waals surface area contributed by atoms with E-state index in [1.165, 1.54) is 32.1 Å². The first-order chi connectivity index (χ1) is 10.2. The van der Waals surface area contributed by atoms with Gasteiger partial charge in [0.05, 0.1) is 5.76 Å². The van der Waals surface area contributed by atoms with E-state index in [4.69, 9.17) is 5.11 Å². The topological polar surface area (TPSA) is 57.5 Å². The van der Waals surface area contributed by atoms with Gasteiger partial charge in [0, 0.05) is 12.8 Å². The van der Waals surface area contributed by atoms with Crippen molar-refractivity contribution >= 4 is 5.97 Å². The largest absolute Gasteiger partial charge is 0.513 e. The van der Waals surface area contributed by atoms with Gasteiger partial charge < -0.3 is 10.2 Å². The van der Waals surface area contributed by atoms with E-state index < -0.39 is 5.97 Å². The molecule has 3 heteroatoms. The van der Waals surface area contributed by atoms with E-state index in [-0.39, 0.29) is 0 Å². The quantitative estimate of drug-likeness (QED) is 0.288. The summed E-state index contributed by atoms with van der Waals surface area (Å²) in [6.45, 7) is 2.22. The number of unbranched alkanes of at least 4 members (excludes halogenated alkanes) is 10. The molecule has 0 bridgehead atoms. The molecule has 0 aromatic rings. The third kappa shape index (κ3) is 17.0. The maximum Gasteiger partial charge on any atom is 0.303 e. The normalized spacial score (nSPS) is 11.8. The Kier molecular flexibility index (Phi) is 14.7. The Morgan fingerprint density at radius 1 is 0.762 bits per heavy atom. The molecule has 0 fully saturated rings. The zero-order valence-electron chi connectivity index (χ0n) is 13.8. The molecule has 0 saturated carbocycles. The van der Waals surface area contributed by atoms with E-state index in [1.807, 2.05) is 6.08 Å². The molecule has 0 unspecified atom stereocenters. The molecule has 0 rings (SSSR count). The molecule has 0 aliphatic rings. The predicted molar refractivity (Wildman–Crippen MR) is 88.7 cm³/mol. The maximum absolute atomic E-state index is 10.3. The van der Waals surface area contributed by atoms with Crippen molar-refractivity contribution in [3.05, 3.63) is 11.8 Å². The summed E-state index contributed by atoms with van der Waals surface area (Å²) in [6, 6.07) is 0. The SMILES string of the molecule is CCCCCCCC/C(O)=C/CCCCCCCC(=O)O. The van der Waals surface area contributed by atoms with Crippen LogP contribution in [-0.4, -0.2) is 16.2 Å². The van der Waals surface area contributed by atoms with Crippen molar-refractivity contribution in [2.75, 3.05) is 0 Å². The molecule has 0 aliphatic heterocycles. The molecule has 0 heterocycles. The van der Waals surface area contributed by atoms with Gasteiger partial charge in [0.25, 0.3) is 0 Å². The van der Waals surface area contributed by atoms with Crippen LogP contribution in [0.5, 0.6) is 0 Å². The minimum Gasteiger partial charge on any atom is -0.513 e. The van der Waals surface area contributed by atoms with Crippen LogP contribution in [0.4, 0.5) is 0 Å². The van der Waals surface area contributed by atoms with Crippen molar-refractivity contribution in [3.63, 3.8) is 0 Å². The highest BCUT2D eigenvalue weighted by molar-refractivity contribution is 5.66. The van der Waals surface area contributed by atoms with E-state index in [0.29, 0.717) is 12.2 Å². The Hall–Kier alpha value is -0.990. The third-order valence-corrected chi connectivity index (χ3v) is 3.76. The van der Waals surface area contributed by atoms with Crippen LogP contribution < -0.4 is 0 Å². The summed E-state index contributed by atoms with van der Waals surface area (Å²) < 4.78 is 0. The summed E-state index contributed by atoms with van der Waals surface area (Å²) in [5.41, 5.74) is 0. The van der Waals surface area contributed by atoms with Crippen LogP contribution in [0.1, 0.15) is 96.8 Å². The van der Waals surface area contributed by atoms with E-state index >= 15 is 0 Å². The molecule has 0 aromatic carbocycles. The van der Waals surface area contributed by atoms with Gasteiger partial charge in [-0.25, -0.2) is 0 Å². The minimum absolute atomic E-state index is 0.291. The second-order valence-electron chi connectivity index (χ2n) is 5.91. The first kappa shape index (κ1) is 20.0. The third-order valence-electron chi connectivity index (χ3n) is 3.76. The average molecular weight is 298 g/mol. The number of hydrogen-bond donors (Lipinski definition) is 2. The molecule has 0 saturated heterocycles. The molecular weight excluding hydrogens is 264 g/mol. The minimum atomic E-state index is -0.697. The van der Waals surface area contributed by atoms with E-state index in [9.17, 15) is 9.90 Å². The fraction of sp³-hybridized carbons (Fsp3) is 0.833. The van der Waals surface area contributed by atoms with Gasteiger partial charge in [-0.05, 0) is 31.8 Å². The van der Waals surface area contributed by atoms with Crippen LogP contribution in [0.25, 0.3) is 0 Å². The van der Waals surface area contributed by atoms with Crippen LogP contribution in [0.2, 0.25) is 0 Å². The number of aliphatic hydroxyl groups is 1. The van der Waals surface area contributed by atoms with Crippen LogP contribution in [0.3, 0.4) is 0 Å². The highest BCUT2D eigenvalue weighted by atomic mass is 16.4. The molecule has 124 valence electrons. The molecule has 0 aromatic heterocycles. The summed E-state index contributed by atoms with van der Waals surface area (Å²) in [6.07, 6.45) is 16.7. The molecule has 0 spiro atoms. The smallest absolute Gasteiger partial charge is 0.303 e. The molecule has 3 nitrogen and oxygen atoms in total. The van der Waals surface area contributed by atoms with Crippen molar-refractivity contribution in [1.82, 2.24) is 0 Å². The highest BCUT2D eigenvalue weighted by Gasteiger charge is 1.97. The highest BCUT2D eigenvalue weighted by Crippen LogP contribution is 2.12. The summed E-state index contributed by atoms with van der Waals surface area (Å²) in [4.78, 5) is 10.3. The lowest BCUT2D eigenvalue weighted by Gasteiger charge is -2.02. The molecule has 0 amide bonds. The molecule has 0 atom stereocenters. The summed E-state index contributed by atoms with van der Waals surface area (Å²) in [5.74, 6) is -0.145. The van der Waals surface area contributed by atoms with Crippen LogP contribution >= 0.6 is 0 Å². The lowest BCUT2D eigenvalue weighted by Crippen LogP contribution is -1.93. The Morgan fingerprint density at radius 2 is 1.29 bits per heavy atom. The van der Waals surface area contributed by atoms with Gasteiger partial charge in [-0.3, -0.25) is 4.79 Å². The number of aliphatic hydroxyl groups excluding tert-OH is 1.